The fourth-order valence-electron chi connectivity index (χ4n) is 4.22. The van der Waals surface area contributed by atoms with Gasteiger partial charge in [-0.1, -0.05) is 13.3 Å². The van der Waals surface area contributed by atoms with Crippen LogP contribution in [0.4, 0.5) is 0 Å². The maximum absolute atomic E-state index is 4.34. The quantitative estimate of drug-likeness (QED) is 0.877. The molecule has 98 valence electrons. The number of aryl methyl sites for hydroxylation is 1. The minimum Gasteiger partial charge on any atom is -0.310 e. The van der Waals surface area contributed by atoms with Gasteiger partial charge in [0.25, 0.3) is 0 Å². The topological polar surface area (TPSA) is 24.9 Å². The number of hydrogen-bond acceptors (Lipinski definition) is 2. The van der Waals surface area contributed by atoms with E-state index in [1.54, 1.807) is 0 Å². The number of fused-ring (bicyclic) bond motifs is 2. The molecule has 3 rings (SSSR count). The Morgan fingerprint density at radius 3 is 2.89 bits per heavy atom. The molecule has 0 spiro atoms. The van der Waals surface area contributed by atoms with Gasteiger partial charge >= 0.3 is 0 Å². The van der Waals surface area contributed by atoms with E-state index >= 15 is 0 Å². The first-order valence-electron chi connectivity index (χ1n) is 7.43. The van der Waals surface area contributed by atoms with Crippen molar-refractivity contribution in [2.45, 2.75) is 45.6 Å². The summed E-state index contributed by atoms with van der Waals surface area (Å²) in [6, 6.07) is 2.67. The molecule has 0 aliphatic heterocycles. The zero-order chi connectivity index (χ0) is 12.5. The van der Waals surface area contributed by atoms with Crippen LogP contribution in [0, 0.1) is 24.7 Å². The van der Waals surface area contributed by atoms with Crippen molar-refractivity contribution < 1.29 is 0 Å². The largest absolute Gasteiger partial charge is 0.310 e. The van der Waals surface area contributed by atoms with Gasteiger partial charge in [0.1, 0.15) is 0 Å². The summed E-state index contributed by atoms with van der Waals surface area (Å²) in [5.74, 6) is 2.81. The van der Waals surface area contributed by atoms with Gasteiger partial charge in [-0.2, -0.15) is 0 Å². The van der Waals surface area contributed by atoms with Gasteiger partial charge in [0.2, 0.25) is 0 Å². The molecule has 2 bridgehead atoms. The highest BCUT2D eigenvalue weighted by Gasteiger charge is 2.43. The van der Waals surface area contributed by atoms with E-state index < -0.39 is 0 Å². The van der Waals surface area contributed by atoms with Gasteiger partial charge in [0.05, 0.1) is 0 Å². The molecule has 1 aromatic rings. The Kier molecular flexibility index (Phi) is 3.38. The summed E-state index contributed by atoms with van der Waals surface area (Å²) in [6.07, 6.45) is 9.82. The van der Waals surface area contributed by atoms with E-state index in [1.165, 1.54) is 36.8 Å². The Morgan fingerprint density at radius 2 is 2.28 bits per heavy atom. The molecule has 2 nitrogen and oxygen atoms in total. The fourth-order valence-corrected chi connectivity index (χ4v) is 4.22. The standard InChI is InChI=1S/C16H24N2/c1-3-18-16(15-10-17-7-6-11(15)2)14-9-12-4-5-13(14)8-12/h6-7,10,12-14,16,18H,3-5,8-9H2,1-2H3. The van der Waals surface area contributed by atoms with Crippen LogP contribution in [0.3, 0.4) is 0 Å². The Labute approximate surface area is 110 Å². The van der Waals surface area contributed by atoms with Crippen LogP contribution in [0.15, 0.2) is 18.5 Å². The molecular weight excluding hydrogens is 220 g/mol. The third-order valence-corrected chi connectivity index (χ3v) is 5.06. The summed E-state index contributed by atoms with van der Waals surface area (Å²) in [5.41, 5.74) is 2.82. The second kappa shape index (κ2) is 5.00. The molecule has 0 amide bonds. The highest BCUT2D eigenvalue weighted by Crippen LogP contribution is 2.52. The normalized spacial score (nSPS) is 31.8. The van der Waals surface area contributed by atoms with Crippen LogP contribution in [0.2, 0.25) is 0 Å². The molecule has 4 unspecified atom stereocenters. The first-order chi connectivity index (χ1) is 8.79. The van der Waals surface area contributed by atoms with Crippen LogP contribution in [-0.2, 0) is 0 Å². The van der Waals surface area contributed by atoms with Gasteiger partial charge < -0.3 is 5.32 Å². The van der Waals surface area contributed by atoms with Crippen molar-refractivity contribution in [2.24, 2.45) is 17.8 Å². The van der Waals surface area contributed by atoms with Gasteiger partial charge in [0.15, 0.2) is 0 Å². The molecule has 2 aliphatic carbocycles. The Bertz CT molecular complexity index is 415. The van der Waals surface area contributed by atoms with Gasteiger partial charge in [-0.3, -0.25) is 4.98 Å². The summed E-state index contributed by atoms with van der Waals surface area (Å²) in [5, 5.41) is 3.73. The second-order valence-corrected chi connectivity index (χ2v) is 6.11. The average Bonchev–Trinajstić information content (AvgIpc) is 2.99. The van der Waals surface area contributed by atoms with Gasteiger partial charge in [-0.25, -0.2) is 0 Å². The molecule has 2 fully saturated rings. The molecule has 0 saturated heterocycles. The first kappa shape index (κ1) is 12.2. The maximum Gasteiger partial charge on any atom is 0.0369 e. The second-order valence-electron chi connectivity index (χ2n) is 6.11. The molecule has 2 aliphatic rings. The number of aromatic nitrogens is 1. The Balaban J connectivity index is 1.86. The highest BCUT2D eigenvalue weighted by molar-refractivity contribution is 5.26. The van der Waals surface area contributed by atoms with Crippen molar-refractivity contribution in [3.63, 3.8) is 0 Å². The maximum atomic E-state index is 4.34. The van der Waals surface area contributed by atoms with Gasteiger partial charge in [0, 0.05) is 18.4 Å². The predicted octanol–water partition coefficient (Wildman–Crippen LogP) is 3.48. The third-order valence-electron chi connectivity index (χ3n) is 5.06. The van der Waals surface area contributed by atoms with E-state index in [0.717, 1.165) is 24.3 Å². The lowest BCUT2D eigenvalue weighted by molar-refractivity contribution is 0.252. The van der Waals surface area contributed by atoms with E-state index in [-0.39, 0.29) is 0 Å². The van der Waals surface area contributed by atoms with Crippen LogP contribution in [0.1, 0.15) is 49.8 Å². The molecule has 1 aromatic heterocycles. The number of pyridine rings is 1. The van der Waals surface area contributed by atoms with Crippen molar-refractivity contribution >= 4 is 0 Å². The third kappa shape index (κ3) is 2.07. The molecular formula is C16H24N2. The van der Waals surface area contributed by atoms with Crippen LogP contribution >= 0.6 is 0 Å². The molecule has 2 heteroatoms. The SMILES string of the molecule is CCNC(c1cnccc1C)C1CC2CCC1C2. The monoisotopic (exact) mass is 244 g/mol. The lowest BCUT2D eigenvalue weighted by Gasteiger charge is -2.32. The molecule has 18 heavy (non-hydrogen) atoms. The van der Waals surface area contributed by atoms with E-state index in [4.69, 9.17) is 0 Å². The Morgan fingerprint density at radius 1 is 1.39 bits per heavy atom. The van der Waals surface area contributed by atoms with Crippen molar-refractivity contribution in [3.8, 4) is 0 Å². The minimum absolute atomic E-state index is 0.527. The van der Waals surface area contributed by atoms with Crippen molar-refractivity contribution in [1.82, 2.24) is 10.3 Å². The first-order valence-corrected chi connectivity index (χ1v) is 7.43. The molecule has 2 saturated carbocycles. The number of nitrogens with zero attached hydrogens (tertiary/aromatic N) is 1. The molecule has 4 atom stereocenters. The molecule has 0 aromatic carbocycles. The molecule has 1 heterocycles. The summed E-state index contributed by atoms with van der Waals surface area (Å²) in [4.78, 5) is 4.34. The van der Waals surface area contributed by atoms with E-state index in [2.05, 4.69) is 36.4 Å². The van der Waals surface area contributed by atoms with Crippen LogP contribution < -0.4 is 5.32 Å². The summed E-state index contributed by atoms with van der Waals surface area (Å²) < 4.78 is 0. The number of nitrogens with one attached hydrogen (secondary N) is 1. The zero-order valence-corrected chi connectivity index (χ0v) is 11.5. The van der Waals surface area contributed by atoms with Crippen molar-refractivity contribution in [3.05, 3.63) is 29.6 Å². The van der Waals surface area contributed by atoms with E-state index in [1.807, 2.05) is 6.20 Å². The minimum atomic E-state index is 0.527. The van der Waals surface area contributed by atoms with Crippen molar-refractivity contribution in [2.75, 3.05) is 6.54 Å². The molecule has 1 N–H and O–H groups in total. The van der Waals surface area contributed by atoms with Crippen LogP contribution in [0.5, 0.6) is 0 Å². The lowest BCUT2D eigenvalue weighted by atomic mass is 9.80. The predicted molar refractivity (Wildman–Crippen MR) is 74.3 cm³/mol. The summed E-state index contributed by atoms with van der Waals surface area (Å²) >= 11 is 0. The van der Waals surface area contributed by atoms with E-state index in [9.17, 15) is 0 Å². The average molecular weight is 244 g/mol. The van der Waals surface area contributed by atoms with Crippen LogP contribution in [-0.4, -0.2) is 11.5 Å². The number of hydrogen-bond donors (Lipinski definition) is 1. The van der Waals surface area contributed by atoms with Gasteiger partial charge in [-0.05, 0) is 67.7 Å². The summed E-state index contributed by atoms with van der Waals surface area (Å²) in [7, 11) is 0. The highest BCUT2D eigenvalue weighted by atomic mass is 14.9. The Hall–Kier alpha value is -0.890. The fraction of sp³-hybridized carbons (Fsp3) is 0.688. The number of rotatable bonds is 4. The summed E-state index contributed by atoms with van der Waals surface area (Å²) in [6.45, 7) is 5.48. The zero-order valence-electron chi connectivity index (χ0n) is 11.5. The van der Waals surface area contributed by atoms with Crippen molar-refractivity contribution in [1.29, 1.82) is 0 Å². The lowest BCUT2D eigenvalue weighted by Crippen LogP contribution is -2.32. The van der Waals surface area contributed by atoms with Gasteiger partial charge in [-0.15, -0.1) is 0 Å². The molecule has 0 radical (unpaired) electrons. The smallest absolute Gasteiger partial charge is 0.0369 e. The van der Waals surface area contributed by atoms with E-state index in [0.29, 0.717) is 6.04 Å². The van der Waals surface area contributed by atoms with Crippen LogP contribution in [0.25, 0.3) is 0 Å².